The van der Waals surface area contributed by atoms with Gasteiger partial charge in [0, 0.05) is 12.2 Å². The second-order valence-electron chi connectivity index (χ2n) is 6.15. The van der Waals surface area contributed by atoms with Crippen LogP contribution in [0.15, 0.2) is 12.3 Å². The summed E-state index contributed by atoms with van der Waals surface area (Å²) >= 11 is 0. The summed E-state index contributed by atoms with van der Waals surface area (Å²) in [5.74, 6) is -1.09. The maximum atomic E-state index is 12.2. The van der Waals surface area contributed by atoms with Gasteiger partial charge in [0.1, 0.15) is 0 Å². The molecule has 1 fully saturated rings. The highest BCUT2D eigenvalue weighted by molar-refractivity contribution is 7.90. The van der Waals surface area contributed by atoms with Crippen molar-refractivity contribution in [3.8, 4) is 0 Å². The van der Waals surface area contributed by atoms with E-state index < -0.39 is 21.2 Å². The lowest BCUT2D eigenvalue weighted by Crippen LogP contribution is -2.22. The zero-order valence-corrected chi connectivity index (χ0v) is 13.3. The number of hydrogen-bond donors (Lipinski definition) is 1. The Morgan fingerprint density at radius 1 is 1.52 bits per heavy atom. The van der Waals surface area contributed by atoms with Crippen molar-refractivity contribution in [2.24, 2.45) is 5.41 Å². The molecule has 1 aromatic heterocycles. The number of rotatable bonds is 8. The van der Waals surface area contributed by atoms with E-state index in [9.17, 15) is 13.2 Å². The first-order valence-electron chi connectivity index (χ1n) is 7.21. The van der Waals surface area contributed by atoms with E-state index in [2.05, 4.69) is 5.10 Å². The van der Waals surface area contributed by atoms with Gasteiger partial charge in [-0.3, -0.25) is 9.48 Å². The second kappa shape index (κ2) is 5.79. The summed E-state index contributed by atoms with van der Waals surface area (Å²) in [7, 11) is -3.33. The van der Waals surface area contributed by atoms with E-state index >= 15 is 0 Å². The molecule has 1 aliphatic carbocycles. The SMILES string of the molecule is CCC(C)n1ccc(CS(=O)(=O)CC2(CC(=O)O)CC2)n1. The van der Waals surface area contributed by atoms with Crippen LogP contribution < -0.4 is 0 Å². The second-order valence-corrected chi connectivity index (χ2v) is 8.21. The Kier molecular flexibility index (Phi) is 4.41. The Bertz CT molecular complexity index is 617. The van der Waals surface area contributed by atoms with Crippen molar-refractivity contribution < 1.29 is 18.3 Å². The Labute approximate surface area is 125 Å². The van der Waals surface area contributed by atoms with Crippen molar-refractivity contribution in [2.75, 3.05) is 5.75 Å². The molecule has 7 heteroatoms. The van der Waals surface area contributed by atoms with Crippen LogP contribution >= 0.6 is 0 Å². The minimum Gasteiger partial charge on any atom is -0.481 e. The smallest absolute Gasteiger partial charge is 0.303 e. The van der Waals surface area contributed by atoms with Gasteiger partial charge in [0.15, 0.2) is 9.84 Å². The van der Waals surface area contributed by atoms with E-state index in [1.165, 1.54) is 0 Å². The van der Waals surface area contributed by atoms with Gasteiger partial charge in [0.25, 0.3) is 0 Å². The molecule has 118 valence electrons. The lowest BCUT2D eigenvalue weighted by molar-refractivity contribution is -0.138. The van der Waals surface area contributed by atoms with Gasteiger partial charge < -0.3 is 5.11 Å². The maximum absolute atomic E-state index is 12.2. The molecule has 0 amide bonds. The van der Waals surface area contributed by atoms with Crippen LogP contribution in [0.4, 0.5) is 0 Å². The number of carboxylic acids is 1. The van der Waals surface area contributed by atoms with Crippen molar-refractivity contribution in [1.82, 2.24) is 9.78 Å². The number of carboxylic acid groups (broad SMARTS) is 1. The molecular weight excluding hydrogens is 292 g/mol. The summed E-state index contributed by atoms with van der Waals surface area (Å²) < 4.78 is 26.3. The van der Waals surface area contributed by atoms with E-state index in [0.29, 0.717) is 18.5 Å². The highest BCUT2D eigenvalue weighted by atomic mass is 32.2. The van der Waals surface area contributed by atoms with Gasteiger partial charge in [0.05, 0.1) is 23.6 Å². The van der Waals surface area contributed by atoms with Gasteiger partial charge in [-0.05, 0) is 37.7 Å². The molecule has 1 aliphatic rings. The molecule has 0 bridgehead atoms. The molecule has 0 spiro atoms. The van der Waals surface area contributed by atoms with Crippen LogP contribution in [0.3, 0.4) is 0 Å². The number of aromatic nitrogens is 2. The van der Waals surface area contributed by atoms with Crippen molar-refractivity contribution in [3.05, 3.63) is 18.0 Å². The molecule has 0 saturated heterocycles. The van der Waals surface area contributed by atoms with Gasteiger partial charge in [-0.25, -0.2) is 8.42 Å². The molecule has 1 atom stereocenters. The Morgan fingerprint density at radius 2 is 2.19 bits per heavy atom. The highest BCUT2D eigenvalue weighted by Crippen LogP contribution is 2.50. The van der Waals surface area contributed by atoms with Gasteiger partial charge in [-0.2, -0.15) is 5.10 Å². The van der Waals surface area contributed by atoms with E-state index in [1.54, 1.807) is 16.9 Å². The number of carbonyl (C=O) groups is 1. The first kappa shape index (κ1) is 16.0. The monoisotopic (exact) mass is 314 g/mol. The van der Waals surface area contributed by atoms with Crippen LogP contribution in [0.2, 0.25) is 0 Å². The van der Waals surface area contributed by atoms with Gasteiger partial charge in [0.2, 0.25) is 0 Å². The van der Waals surface area contributed by atoms with Crippen LogP contribution in [0.1, 0.15) is 51.3 Å². The fourth-order valence-corrected chi connectivity index (χ4v) is 4.53. The standard InChI is InChI=1S/C14H22N2O4S/c1-3-11(2)16-7-4-12(15-16)9-21(19,20)10-14(5-6-14)8-13(17)18/h4,7,11H,3,5-6,8-10H2,1-2H3,(H,17,18). The maximum Gasteiger partial charge on any atom is 0.303 e. The third kappa shape index (κ3) is 4.30. The minimum atomic E-state index is -3.33. The summed E-state index contributed by atoms with van der Waals surface area (Å²) in [6.07, 6.45) is 4.02. The lowest BCUT2D eigenvalue weighted by Gasteiger charge is -2.12. The van der Waals surface area contributed by atoms with E-state index in [1.807, 2.05) is 13.8 Å². The van der Waals surface area contributed by atoms with Crippen LogP contribution in [0, 0.1) is 5.41 Å². The predicted octanol–water partition coefficient (Wildman–Crippen LogP) is 2.02. The third-order valence-corrected chi connectivity index (χ3v) is 5.87. The van der Waals surface area contributed by atoms with E-state index in [0.717, 1.165) is 6.42 Å². The fourth-order valence-electron chi connectivity index (χ4n) is 2.50. The quantitative estimate of drug-likeness (QED) is 0.793. The zero-order chi connectivity index (χ0) is 15.7. The summed E-state index contributed by atoms with van der Waals surface area (Å²) in [4.78, 5) is 10.8. The lowest BCUT2D eigenvalue weighted by atomic mass is 10.1. The van der Waals surface area contributed by atoms with E-state index in [4.69, 9.17) is 5.11 Å². The summed E-state index contributed by atoms with van der Waals surface area (Å²) in [5, 5.41) is 13.2. The largest absolute Gasteiger partial charge is 0.481 e. The molecule has 0 aliphatic heterocycles. The fraction of sp³-hybridized carbons (Fsp3) is 0.714. The number of sulfone groups is 1. The molecule has 1 heterocycles. The molecule has 2 rings (SSSR count). The first-order chi connectivity index (χ1) is 9.75. The molecule has 1 aromatic rings. The molecule has 1 saturated carbocycles. The predicted molar refractivity (Wildman–Crippen MR) is 78.6 cm³/mol. The normalized spacial score (nSPS) is 18.4. The van der Waals surface area contributed by atoms with Gasteiger partial charge in [-0.1, -0.05) is 6.92 Å². The Balaban J connectivity index is 2.01. The number of hydrogen-bond acceptors (Lipinski definition) is 4. The molecule has 0 aromatic carbocycles. The van der Waals surface area contributed by atoms with Crippen LogP contribution in [0.5, 0.6) is 0 Å². The molecule has 0 radical (unpaired) electrons. The number of nitrogens with zero attached hydrogens (tertiary/aromatic N) is 2. The highest BCUT2D eigenvalue weighted by Gasteiger charge is 2.47. The Morgan fingerprint density at radius 3 is 2.71 bits per heavy atom. The van der Waals surface area contributed by atoms with Crippen LogP contribution in [-0.2, 0) is 20.4 Å². The van der Waals surface area contributed by atoms with Crippen molar-refractivity contribution in [3.63, 3.8) is 0 Å². The van der Waals surface area contributed by atoms with Gasteiger partial charge >= 0.3 is 5.97 Å². The summed E-state index contributed by atoms with van der Waals surface area (Å²) in [5.41, 5.74) is -0.00866. The third-order valence-electron chi connectivity index (χ3n) is 4.08. The van der Waals surface area contributed by atoms with Gasteiger partial charge in [-0.15, -0.1) is 0 Å². The minimum absolute atomic E-state index is 0.0531. The summed E-state index contributed by atoms with van der Waals surface area (Å²) in [6.45, 7) is 4.07. The first-order valence-corrected chi connectivity index (χ1v) is 9.04. The molecule has 21 heavy (non-hydrogen) atoms. The van der Waals surface area contributed by atoms with Crippen LogP contribution in [0.25, 0.3) is 0 Å². The average molecular weight is 314 g/mol. The Hall–Kier alpha value is -1.37. The molecule has 1 unspecified atom stereocenters. The number of aliphatic carboxylic acids is 1. The molecule has 1 N–H and O–H groups in total. The molecular formula is C14H22N2O4S. The summed E-state index contributed by atoms with van der Waals surface area (Å²) in [6, 6.07) is 1.96. The van der Waals surface area contributed by atoms with E-state index in [-0.39, 0.29) is 24.0 Å². The molecule has 6 nitrogen and oxygen atoms in total. The topological polar surface area (TPSA) is 89.3 Å². The average Bonchev–Trinajstić information content (AvgIpc) is 2.92. The van der Waals surface area contributed by atoms with Crippen molar-refractivity contribution in [2.45, 2.75) is 51.3 Å². The zero-order valence-electron chi connectivity index (χ0n) is 12.4. The van der Waals surface area contributed by atoms with Crippen molar-refractivity contribution in [1.29, 1.82) is 0 Å². The van der Waals surface area contributed by atoms with Crippen molar-refractivity contribution >= 4 is 15.8 Å². The van der Waals surface area contributed by atoms with Crippen LogP contribution in [-0.4, -0.2) is 35.0 Å².